The predicted molar refractivity (Wildman–Crippen MR) is 91.3 cm³/mol. The van der Waals surface area contributed by atoms with E-state index < -0.39 is 0 Å². The van der Waals surface area contributed by atoms with Gasteiger partial charge in [0, 0.05) is 18.3 Å². The Morgan fingerprint density at radius 3 is 2.38 bits per heavy atom. The van der Waals surface area contributed by atoms with Crippen molar-refractivity contribution < 1.29 is 14.2 Å². The Hall–Kier alpha value is -3.69. The zero-order valence-electron chi connectivity index (χ0n) is 14.2. The minimum atomic E-state index is -0.360. The molecule has 3 heterocycles. The summed E-state index contributed by atoms with van der Waals surface area (Å²) in [6, 6.07) is 5.07. The molecule has 1 aromatic carbocycles. The predicted octanol–water partition coefficient (Wildman–Crippen LogP) is 0.849. The number of ether oxygens (including phenoxy) is 3. The van der Waals surface area contributed by atoms with Crippen molar-refractivity contribution in [1.29, 1.82) is 0 Å². The van der Waals surface area contributed by atoms with E-state index in [2.05, 4.69) is 20.3 Å². The lowest BCUT2D eigenvalue weighted by molar-refractivity contribution is 0.324. The maximum atomic E-state index is 12.9. The molecule has 3 aromatic heterocycles. The number of hydrogen-bond donors (Lipinski definition) is 0. The third kappa shape index (κ3) is 2.23. The maximum absolute atomic E-state index is 12.9. The van der Waals surface area contributed by atoms with Crippen LogP contribution in [0.25, 0.3) is 22.5 Å². The number of methoxy groups -OCH3 is 3. The third-order valence-electron chi connectivity index (χ3n) is 3.97. The van der Waals surface area contributed by atoms with Gasteiger partial charge in [-0.2, -0.15) is 14.6 Å². The average Bonchev–Trinajstić information content (AvgIpc) is 3.16. The standard InChI is InChI=1S/C16H14N6O4/c1-24-11-6-9(7-12(25-2)14(11)26-3)21-5-4-10-13(15(21)23)19-20-16-17-8-18-22(10)16/h4-8H,1-3H3. The van der Waals surface area contributed by atoms with E-state index in [0.717, 1.165) is 0 Å². The first kappa shape index (κ1) is 15.8. The van der Waals surface area contributed by atoms with Gasteiger partial charge in [-0.3, -0.25) is 9.36 Å². The van der Waals surface area contributed by atoms with E-state index in [1.165, 1.54) is 36.7 Å². The van der Waals surface area contributed by atoms with Crippen molar-refractivity contribution in [2.45, 2.75) is 0 Å². The Kier molecular flexibility index (Phi) is 3.64. The molecule has 0 aliphatic carbocycles. The van der Waals surface area contributed by atoms with Gasteiger partial charge < -0.3 is 14.2 Å². The van der Waals surface area contributed by atoms with Gasteiger partial charge in [0.05, 0.1) is 27.0 Å². The molecule has 0 atom stereocenters. The van der Waals surface area contributed by atoms with E-state index >= 15 is 0 Å². The third-order valence-corrected chi connectivity index (χ3v) is 3.97. The molecule has 0 aliphatic heterocycles. The Morgan fingerprint density at radius 2 is 1.73 bits per heavy atom. The second kappa shape index (κ2) is 5.99. The Balaban J connectivity index is 1.98. The van der Waals surface area contributed by atoms with E-state index in [0.29, 0.717) is 34.2 Å². The van der Waals surface area contributed by atoms with Crippen molar-refractivity contribution >= 4 is 16.8 Å². The summed E-state index contributed by atoms with van der Waals surface area (Å²) >= 11 is 0. The van der Waals surface area contributed by atoms with Crippen LogP contribution in [-0.4, -0.2) is 50.7 Å². The molecule has 0 aliphatic rings. The van der Waals surface area contributed by atoms with E-state index in [-0.39, 0.29) is 11.1 Å². The minimum Gasteiger partial charge on any atom is -0.493 e. The van der Waals surface area contributed by atoms with Crippen molar-refractivity contribution in [1.82, 2.24) is 29.4 Å². The zero-order chi connectivity index (χ0) is 18.3. The fourth-order valence-corrected chi connectivity index (χ4v) is 2.76. The minimum absolute atomic E-state index is 0.166. The van der Waals surface area contributed by atoms with Crippen LogP contribution in [0.3, 0.4) is 0 Å². The van der Waals surface area contributed by atoms with Gasteiger partial charge in [0.15, 0.2) is 17.0 Å². The summed E-state index contributed by atoms with van der Waals surface area (Å²) in [7, 11) is 4.54. The molecule has 26 heavy (non-hydrogen) atoms. The molecule has 0 N–H and O–H groups in total. The van der Waals surface area contributed by atoms with Gasteiger partial charge in [0.1, 0.15) is 11.8 Å². The molecule has 0 bridgehead atoms. The fraction of sp³-hybridized carbons (Fsp3) is 0.188. The van der Waals surface area contributed by atoms with Crippen LogP contribution >= 0.6 is 0 Å². The molecular formula is C16H14N6O4. The molecule has 4 aromatic rings. The molecule has 0 spiro atoms. The van der Waals surface area contributed by atoms with Gasteiger partial charge in [-0.25, -0.2) is 0 Å². The number of pyridine rings is 1. The fourth-order valence-electron chi connectivity index (χ4n) is 2.76. The molecule has 10 nitrogen and oxygen atoms in total. The number of hydrogen-bond acceptors (Lipinski definition) is 8. The van der Waals surface area contributed by atoms with Gasteiger partial charge >= 0.3 is 0 Å². The van der Waals surface area contributed by atoms with E-state index in [4.69, 9.17) is 14.2 Å². The van der Waals surface area contributed by atoms with Gasteiger partial charge in [0.2, 0.25) is 5.75 Å². The van der Waals surface area contributed by atoms with Crippen molar-refractivity contribution in [3.05, 3.63) is 41.1 Å². The van der Waals surface area contributed by atoms with Crippen LogP contribution in [0.5, 0.6) is 17.2 Å². The Labute approximate surface area is 146 Å². The normalized spacial score (nSPS) is 11.0. The van der Waals surface area contributed by atoms with Gasteiger partial charge in [-0.15, -0.1) is 10.2 Å². The highest BCUT2D eigenvalue weighted by atomic mass is 16.5. The highest BCUT2D eigenvalue weighted by molar-refractivity contribution is 5.75. The first-order valence-corrected chi connectivity index (χ1v) is 7.56. The van der Waals surface area contributed by atoms with Gasteiger partial charge in [-0.1, -0.05) is 0 Å². The smallest absolute Gasteiger partial charge is 0.285 e. The molecule has 0 amide bonds. The van der Waals surface area contributed by atoms with Gasteiger partial charge in [0.25, 0.3) is 11.3 Å². The highest BCUT2D eigenvalue weighted by Gasteiger charge is 2.16. The summed E-state index contributed by atoms with van der Waals surface area (Å²) in [6.45, 7) is 0. The summed E-state index contributed by atoms with van der Waals surface area (Å²) < 4.78 is 18.9. The van der Waals surface area contributed by atoms with Gasteiger partial charge in [-0.05, 0) is 6.07 Å². The monoisotopic (exact) mass is 354 g/mol. The molecular weight excluding hydrogens is 340 g/mol. The molecule has 0 radical (unpaired) electrons. The van der Waals surface area contributed by atoms with E-state index in [1.807, 2.05) is 0 Å². The SMILES string of the molecule is COc1cc(-n2ccc3c(nnc4ncnn43)c2=O)cc(OC)c1OC. The summed E-state index contributed by atoms with van der Waals surface area (Å²) in [5.41, 5.74) is 0.856. The molecule has 4 rings (SSSR count). The zero-order valence-corrected chi connectivity index (χ0v) is 14.2. The van der Waals surface area contributed by atoms with Crippen LogP contribution < -0.4 is 19.8 Å². The quantitative estimate of drug-likeness (QED) is 0.531. The largest absolute Gasteiger partial charge is 0.493 e. The van der Waals surface area contributed by atoms with Crippen LogP contribution in [0.15, 0.2) is 35.5 Å². The number of benzene rings is 1. The molecule has 0 saturated carbocycles. The first-order valence-electron chi connectivity index (χ1n) is 7.56. The molecule has 132 valence electrons. The summed E-state index contributed by atoms with van der Waals surface area (Å²) in [5, 5.41) is 12.0. The van der Waals surface area contributed by atoms with Crippen LogP contribution in [0.4, 0.5) is 0 Å². The lowest BCUT2D eigenvalue weighted by Crippen LogP contribution is -2.20. The van der Waals surface area contributed by atoms with Crippen molar-refractivity contribution in [2.75, 3.05) is 21.3 Å². The number of rotatable bonds is 4. The van der Waals surface area contributed by atoms with E-state index in [9.17, 15) is 4.79 Å². The van der Waals surface area contributed by atoms with Crippen LogP contribution in [0.1, 0.15) is 0 Å². The lowest BCUT2D eigenvalue weighted by Gasteiger charge is -2.15. The topological polar surface area (TPSA) is 106 Å². The number of aromatic nitrogens is 6. The van der Waals surface area contributed by atoms with Crippen LogP contribution in [0, 0.1) is 0 Å². The Bertz CT molecular complexity index is 1160. The average molecular weight is 354 g/mol. The van der Waals surface area contributed by atoms with Crippen LogP contribution in [0.2, 0.25) is 0 Å². The lowest BCUT2D eigenvalue weighted by atomic mass is 10.2. The molecule has 0 fully saturated rings. The van der Waals surface area contributed by atoms with E-state index in [1.54, 1.807) is 24.4 Å². The molecule has 10 heteroatoms. The number of fused-ring (bicyclic) bond motifs is 3. The summed E-state index contributed by atoms with van der Waals surface area (Å²) in [5.74, 6) is 1.64. The molecule has 0 saturated heterocycles. The first-order chi connectivity index (χ1) is 12.7. The Morgan fingerprint density at radius 1 is 1.00 bits per heavy atom. The van der Waals surface area contributed by atoms with Crippen molar-refractivity contribution in [3.63, 3.8) is 0 Å². The second-order valence-corrected chi connectivity index (χ2v) is 5.28. The van der Waals surface area contributed by atoms with Crippen molar-refractivity contribution in [2.24, 2.45) is 0 Å². The summed E-state index contributed by atoms with van der Waals surface area (Å²) in [6.07, 6.45) is 2.97. The second-order valence-electron chi connectivity index (χ2n) is 5.28. The maximum Gasteiger partial charge on any atom is 0.285 e. The van der Waals surface area contributed by atoms with Crippen molar-refractivity contribution in [3.8, 4) is 22.9 Å². The molecule has 0 unspecified atom stereocenters. The summed E-state index contributed by atoms with van der Waals surface area (Å²) in [4.78, 5) is 16.9. The van der Waals surface area contributed by atoms with Crippen LogP contribution in [-0.2, 0) is 0 Å². The number of nitrogens with zero attached hydrogens (tertiary/aromatic N) is 6. The highest BCUT2D eigenvalue weighted by Crippen LogP contribution is 2.39.